The monoisotopic (exact) mass is 345 g/mol. The van der Waals surface area contributed by atoms with E-state index >= 15 is 0 Å². The van der Waals surface area contributed by atoms with Gasteiger partial charge in [-0.2, -0.15) is 0 Å². The van der Waals surface area contributed by atoms with Gasteiger partial charge in [0.2, 0.25) is 0 Å². The second-order valence-electron chi connectivity index (χ2n) is 6.18. The molecule has 22 heavy (non-hydrogen) atoms. The van der Waals surface area contributed by atoms with Crippen molar-refractivity contribution in [1.82, 2.24) is 4.90 Å². The molecule has 4 nitrogen and oxygen atoms in total. The maximum Gasteiger partial charge on any atom is 0.251 e. The third kappa shape index (κ3) is 3.94. The summed E-state index contributed by atoms with van der Waals surface area (Å²) in [5.41, 5.74) is 7.30. The Morgan fingerprint density at radius 2 is 1.82 bits per heavy atom. The van der Waals surface area contributed by atoms with Crippen LogP contribution >= 0.6 is 23.7 Å². The zero-order valence-corrected chi connectivity index (χ0v) is 15.6. The van der Waals surface area contributed by atoms with Crippen molar-refractivity contribution in [2.45, 2.75) is 51.6 Å². The van der Waals surface area contributed by atoms with E-state index in [0.29, 0.717) is 12.1 Å². The van der Waals surface area contributed by atoms with Crippen molar-refractivity contribution < 1.29 is 4.79 Å². The molecule has 1 amide bonds. The van der Waals surface area contributed by atoms with Crippen molar-refractivity contribution in [2.75, 3.05) is 25.5 Å². The van der Waals surface area contributed by atoms with Gasteiger partial charge < -0.3 is 15.5 Å². The standard InChI is InChI=1S/C16H27N3OS.ClH/c1-5-19(13-8-6-12(7-9-13)18(3)4)16-14(15(17)20)11(2)10-21-16;/h10,12-13H,5-9H2,1-4H3,(H2,17,20);1H. The van der Waals surface area contributed by atoms with Gasteiger partial charge >= 0.3 is 0 Å². The Bertz CT molecular complexity index is 496. The van der Waals surface area contributed by atoms with Crippen molar-refractivity contribution in [1.29, 1.82) is 0 Å². The highest BCUT2D eigenvalue weighted by Crippen LogP contribution is 2.36. The van der Waals surface area contributed by atoms with Gasteiger partial charge in [-0.3, -0.25) is 4.79 Å². The SMILES string of the molecule is CCN(c1scc(C)c1C(N)=O)C1CCC(N(C)C)CC1.Cl. The third-order valence-corrected chi connectivity index (χ3v) is 5.77. The molecule has 1 aliphatic carbocycles. The molecule has 0 spiro atoms. The molecule has 2 N–H and O–H groups in total. The number of thiophene rings is 1. The first-order valence-electron chi connectivity index (χ1n) is 7.76. The fraction of sp³-hybridized carbons (Fsp3) is 0.688. The molecule has 0 unspecified atom stereocenters. The maximum atomic E-state index is 11.7. The number of rotatable bonds is 5. The van der Waals surface area contributed by atoms with Gasteiger partial charge in [-0.05, 0) is 64.6 Å². The van der Waals surface area contributed by atoms with Crippen LogP contribution in [0.3, 0.4) is 0 Å². The van der Waals surface area contributed by atoms with Crippen molar-refractivity contribution in [3.8, 4) is 0 Å². The van der Waals surface area contributed by atoms with Gasteiger partial charge in [-0.15, -0.1) is 23.7 Å². The number of aryl methyl sites for hydroxylation is 1. The van der Waals surface area contributed by atoms with Crippen molar-refractivity contribution in [3.63, 3.8) is 0 Å². The molecule has 126 valence electrons. The van der Waals surface area contributed by atoms with Crippen LogP contribution in [0.5, 0.6) is 0 Å². The van der Waals surface area contributed by atoms with Gasteiger partial charge in [-0.25, -0.2) is 0 Å². The van der Waals surface area contributed by atoms with Crippen molar-refractivity contribution >= 4 is 34.7 Å². The molecule has 1 aliphatic rings. The van der Waals surface area contributed by atoms with Crippen LogP contribution in [0.15, 0.2) is 5.38 Å². The lowest BCUT2D eigenvalue weighted by atomic mass is 9.89. The Morgan fingerprint density at radius 3 is 2.27 bits per heavy atom. The highest BCUT2D eigenvalue weighted by molar-refractivity contribution is 7.14. The zero-order valence-electron chi connectivity index (χ0n) is 14.0. The van der Waals surface area contributed by atoms with Crippen LogP contribution in [0.4, 0.5) is 5.00 Å². The van der Waals surface area contributed by atoms with Gasteiger partial charge in [0.1, 0.15) is 5.00 Å². The van der Waals surface area contributed by atoms with Crippen LogP contribution in [0, 0.1) is 6.92 Å². The van der Waals surface area contributed by atoms with Gasteiger partial charge in [0.25, 0.3) is 5.91 Å². The largest absolute Gasteiger partial charge is 0.365 e. The highest BCUT2D eigenvalue weighted by atomic mass is 35.5. The predicted molar refractivity (Wildman–Crippen MR) is 97.6 cm³/mol. The third-order valence-electron chi connectivity index (χ3n) is 4.64. The summed E-state index contributed by atoms with van der Waals surface area (Å²) in [6, 6.07) is 1.22. The number of hydrogen-bond acceptors (Lipinski definition) is 4. The van der Waals surface area contributed by atoms with Crippen molar-refractivity contribution in [3.05, 3.63) is 16.5 Å². The van der Waals surface area contributed by atoms with Gasteiger partial charge in [0.15, 0.2) is 0 Å². The van der Waals surface area contributed by atoms with E-state index in [-0.39, 0.29) is 18.3 Å². The molecular formula is C16H28ClN3OS. The molecule has 1 aromatic heterocycles. The van der Waals surface area contributed by atoms with Crippen LogP contribution in [0.1, 0.15) is 48.5 Å². The summed E-state index contributed by atoms with van der Waals surface area (Å²) in [6.07, 6.45) is 4.83. The molecule has 1 heterocycles. The van der Waals surface area contributed by atoms with E-state index in [4.69, 9.17) is 5.73 Å². The van der Waals surface area contributed by atoms with Crippen LogP contribution in [0.2, 0.25) is 0 Å². The first-order chi connectivity index (χ1) is 9.95. The fourth-order valence-corrected chi connectivity index (χ4v) is 4.59. The Morgan fingerprint density at radius 1 is 1.27 bits per heavy atom. The number of anilines is 1. The predicted octanol–water partition coefficient (Wildman–Crippen LogP) is 3.28. The molecule has 1 aromatic rings. The smallest absolute Gasteiger partial charge is 0.251 e. The van der Waals surface area contributed by atoms with E-state index in [0.717, 1.165) is 22.7 Å². The van der Waals surface area contributed by atoms with E-state index in [1.54, 1.807) is 11.3 Å². The quantitative estimate of drug-likeness (QED) is 0.891. The molecular weight excluding hydrogens is 318 g/mol. The van der Waals surface area contributed by atoms with Crippen LogP contribution in [0.25, 0.3) is 0 Å². The second kappa shape index (κ2) is 8.18. The van der Waals surface area contributed by atoms with E-state index in [9.17, 15) is 4.79 Å². The minimum Gasteiger partial charge on any atom is -0.365 e. The van der Waals surface area contributed by atoms with Crippen LogP contribution in [-0.4, -0.2) is 43.5 Å². The first kappa shape index (κ1) is 19.3. The van der Waals surface area contributed by atoms with Crippen LogP contribution < -0.4 is 10.6 Å². The number of amides is 1. The average Bonchev–Trinajstić information content (AvgIpc) is 2.82. The molecule has 2 rings (SSSR count). The number of halogens is 1. The molecule has 0 aliphatic heterocycles. The number of hydrogen-bond donors (Lipinski definition) is 1. The average molecular weight is 346 g/mol. The van der Waals surface area contributed by atoms with Gasteiger partial charge in [-0.1, -0.05) is 0 Å². The number of nitrogens with zero attached hydrogens (tertiary/aromatic N) is 2. The summed E-state index contributed by atoms with van der Waals surface area (Å²) < 4.78 is 0. The first-order valence-corrected chi connectivity index (χ1v) is 8.64. The Hall–Kier alpha value is -0.780. The molecule has 0 atom stereocenters. The van der Waals surface area contributed by atoms with E-state index in [1.165, 1.54) is 25.7 Å². The van der Waals surface area contributed by atoms with Crippen LogP contribution in [-0.2, 0) is 0 Å². The topological polar surface area (TPSA) is 49.6 Å². The summed E-state index contributed by atoms with van der Waals surface area (Å²) in [5, 5.41) is 3.11. The summed E-state index contributed by atoms with van der Waals surface area (Å²) >= 11 is 1.65. The lowest BCUT2D eigenvalue weighted by Crippen LogP contribution is -2.42. The summed E-state index contributed by atoms with van der Waals surface area (Å²) in [5.74, 6) is -0.302. The zero-order chi connectivity index (χ0) is 15.6. The molecule has 0 saturated heterocycles. The maximum absolute atomic E-state index is 11.7. The molecule has 0 aromatic carbocycles. The number of carbonyl (C=O) groups is 1. The lowest BCUT2D eigenvalue weighted by Gasteiger charge is -2.39. The van der Waals surface area contributed by atoms with E-state index < -0.39 is 0 Å². The number of nitrogens with two attached hydrogens (primary N) is 1. The number of primary amides is 1. The minimum atomic E-state index is -0.302. The Balaban J connectivity index is 0.00000242. The molecule has 0 bridgehead atoms. The summed E-state index contributed by atoms with van der Waals surface area (Å²) in [6.45, 7) is 5.06. The normalized spacial score (nSPS) is 21.5. The second-order valence-corrected chi connectivity index (χ2v) is 7.03. The lowest BCUT2D eigenvalue weighted by molar-refractivity contribution is 0.100. The highest BCUT2D eigenvalue weighted by Gasteiger charge is 2.29. The van der Waals surface area contributed by atoms with E-state index in [2.05, 4.69) is 30.8 Å². The summed E-state index contributed by atoms with van der Waals surface area (Å²) in [4.78, 5) is 16.5. The number of carbonyl (C=O) groups excluding carboxylic acids is 1. The molecule has 6 heteroatoms. The Labute approximate surface area is 144 Å². The molecule has 1 fully saturated rings. The molecule has 1 saturated carbocycles. The van der Waals surface area contributed by atoms with Gasteiger partial charge in [0.05, 0.1) is 5.56 Å². The van der Waals surface area contributed by atoms with Gasteiger partial charge in [0, 0.05) is 18.6 Å². The van der Waals surface area contributed by atoms with E-state index in [1.807, 2.05) is 12.3 Å². The molecule has 0 radical (unpaired) electrons. The Kier molecular flexibility index (Phi) is 7.16. The summed E-state index contributed by atoms with van der Waals surface area (Å²) in [7, 11) is 4.33. The fourth-order valence-electron chi connectivity index (χ4n) is 3.40. The van der Waals surface area contributed by atoms with Crippen molar-refractivity contribution in [2.24, 2.45) is 5.73 Å². The minimum absolute atomic E-state index is 0.